The number of benzene rings is 4. The van der Waals surface area contributed by atoms with Crippen LogP contribution in [0.4, 0.5) is 11.4 Å². The second-order valence-electron chi connectivity index (χ2n) is 10.1. The smallest absolute Gasteiger partial charge is 0.200 e. The molecule has 0 bridgehead atoms. The van der Waals surface area contributed by atoms with Gasteiger partial charge in [-0.25, -0.2) is 0 Å². The van der Waals surface area contributed by atoms with Crippen molar-refractivity contribution in [1.29, 1.82) is 0 Å². The lowest BCUT2D eigenvalue weighted by Gasteiger charge is -2.27. The maximum Gasteiger partial charge on any atom is 0.200 e. The molecule has 4 aromatic rings. The maximum atomic E-state index is 12.4. The largest absolute Gasteiger partial charge is 0.507 e. The number of ether oxygens (including phenoxy) is 2. The SMILES string of the molecule is CN(C)CCCN1c2ccccc2CCc2ccc(Cl)cc21.COc1cc(O)c(C(=O)c2ccccc2)c(OC)c1.Cl. The van der Waals surface area contributed by atoms with E-state index in [1.807, 2.05) is 12.1 Å². The van der Waals surface area contributed by atoms with Crippen LogP contribution < -0.4 is 14.4 Å². The predicted molar refractivity (Wildman–Crippen MR) is 174 cm³/mol. The van der Waals surface area contributed by atoms with Gasteiger partial charge in [-0.1, -0.05) is 66.2 Å². The number of halogens is 2. The molecule has 0 spiro atoms. The number of nitrogens with zero attached hydrogens (tertiary/aromatic N) is 2. The Morgan fingerprint density at radius 1 is 0.881 bits per heavy atom. The zero-order valence-electron chi connectivity index (χ0n) is 24.5. The minimum absolute atomic E-state index is 0. The van der Waals surface area contributed by atoms with Crippen LogP contribution in [0.25, 0.3) is 0 Å². The van der Waals surface area contributed by atoms with E-state index in [1.54, 1.807) is 30.3 Å². The molecule has 0 fully saturated rings. The van der Waals surface area contributed by atoms with E-state index in [4.69, 9.17) is 21.1 Å². The van der Waals surface area contributed by atoms with Crippen molar-refractivity contribution in [1.82, 2.24) is 4.90 Å². The van der Waals surface area contributed by atoms with Crippen molar-refractivity contribution >= 4 is 41.2 Å². The first kappa shape index (κ1) is 32.8. The summed E-state index contributed by atoms with van der Waals surface area (Å²) in [5.41, 5.74) is 6.05. The lowest BCUT2D eigenvalue weighted by Crippen LogP contribution is -2.24. The van der Waals surface area contributed by atoms with Crippen molar-refractivity contribution in [2.45, 2.75) is 19.3 Å². The van der Waals surface area contributed by atoms with Crippen LogP contribution in [0.3, 0.4) is 0 Å². The Hall–Kier alpha value is -3.71. The van der Waals surface area contributed by atoms with Gasteiger partial charge in [0.25, 0.3) is 0 Å². The minimum Gasteiger partial charge on any atom is -0.507 e. The molecule has 0 amide bonds. The monoisotopic (exact) mass is 608 g/mol. The highest BCUT2D eigenvalue weighted by molar-refractivity contribution is 6.30. The molecular weight excluding hydrogens is 571 g/mol. The number of hydrogen-bond donors (Lipinski definition) is 1. The standard InChI is InChI=1S/C19H23ClN2.C15H14O4.ClH/c1-21(2)12-5-13-22-18-7-4-3-6-15(18)8-9-16-10-11-17(20)14-19(16)22;1-18-11-8-12(16)14(13(9-11)19-2)15(17)10-6-4-3-5-7-10;/h3-4,6-7,10-11,14H,5,8-9,12-13H2,1-2H3;3-9,16H,1-2H3;1H. The number of carbonyl (C=O) groups is 1. The van der Waals surface area contributed by atoms with Crippen LogP contribution in [0.5, 0.6) is 17.2 Å². The number of aromatic hydroxyl groups is 1. The number of carbonyl (C=O) groups excluding carboxylic acids is 1. The van der Waals surface area contributed by atoms with Crippen molar-refractivity contribution < 1.29 is 19.4 Å². The molecular formula is C34H38Cl2N2O4. The number of para-hydroxylation sites is 1. The first-order chi connectivity index (χ1) is 19.8. The highest BCUT2D eigenvalue weighted by Crippen LogP contribution is 2.38. The third-order valence-corrected chi connectivity index (χ3v) is 7.28. The molecule has 0 aromatic heterocycles. The quantitative estimate of drug-likeness (QED) is 0.208. The minimum atomic E-state index is -0.294. The Morgan fingerprint density at radius 2 is 1.55 bits per heavy atom. The molecule has 42 heavy (non-hydrogen) atoms. The summed E-state index contributed by atoms with van der Waals surface area (Å²) in [6.45, 7) is 2.11. The van der Waals surface area contributed by atoms with Crippen molar-refractivity contribution in [2.75, 3.05) is 46.3 Å². The fourth-order valence-corrected chi connectivity index (χ4v) is 5.15. The Balaban J connectivity index is 0.000000228. The van der Waals surface area contributed by atoms with E-state index in [0.717, 1.165) is 37.4 Å². The first-order valence-electron chi connectivity index (χ1n) is 13.7. The summed E-state index contributed by atoms with van der Waals surface area (Å²) in [4.78, 5) is 17.1. The summed E-state index contributed by atoms with van der Waals surface area (Å²) in [6, 6.07) is 26.7. The molecule has 5 rings (SSSR count). The highest BCUT2D eigenvalue weighted by atomic mass is 35.5. The van der Waals surface area contributed by atoms with Crippen LogP contribution in [0, 0.1) is 0 Å². The van der Waals surface area contributed by atoms with Gasteiger partial charge in [0.05, 0.1) is 14.2 Å². The summed E-state index contributed by atoms with van der Waals surface area (Å²) in [5, 5.41) is 10.8. The van der Waals surface area contributed by atoms with E-state index in [9.17, 15) is 9.90 Å². The number of hydrogen-bond acceptors (Lipinski definition) is 6. The fraction of sp³-hybridized carbons (Fsp3) is 0.265. The Labute approximate surface area is 259 Å². The third kappa shape index (κ3) is 7.97. The van der Waals surface area contributed by atoms with Crippen LogP contribution in [-0.4, -0.2) is 57.2 Å². The van der Waals surface area contributed by atoms with Gasteiger partial charge >= 0.3 is 0 Å². The number of anilines is 2. The lowest BCUT2D eigenvalue weighted by atomic mass is 10.0. The molecule has 4 aromatic carbocycles. The van der Waals surface area contributed by atoms with E-state index in [1.165, 1.54) is 42.8 Å². The van der Waals surface area contributed by atoms with E-state index in [-0.39, 0.29) is 35.3 Å². The number of methoxy groups -OCH3 is 2. The fourth-order valence-electron chi connectivity index (χ4n) is 4.99. The van der Waals surface area contributed by atoms with Crippen molar-refractivity contribution in [3.8, 4) is 17.2 Å². The average Bonchev–Trinajstić information content (AvgIpc) is 3.13. The third-order valence-electron chi connectivity index (χ3n) is 7.04. The van der Waals surface area contributed by atoms with Crippen molar-refractivity contribution in [3.05, 3.63) is 112 Å². The van der Waals surface area contributed by atoms with Gasteiger partial charge in [0.2, 0.25) is 5.78 Å². The molecule has 1 N–H and O–H groups in total. The topological polar surface area (TPSA) is 62.2 Å². The molecule has 6 nitrogen and oxygen atoms in total. The number of phenols is 1. The number of fused-ring (bicyclic) bond motifs is 2. The van der Waals surface area contributed by atoms with Gasteiger partial charge in [-0.2, -0.15) is 0 Å². The van der Waals surface area contributed by atoms with Gasteiger partial charge in [-0.15, -0.1) is 12.4 Å². The first-order valence-corrected chi connectivity index (χ1v) is 14.0. The van der Waals surface area contributed by atoms with Gasteiger partial charge in [0.15, 0.2) is 0 Å². The van der Waals surface area contributed by atoms with Crippen LogP contribution in [-0.2, 0) is 12.8 Å². The van der Waals surface area contributed by atoms with Crippen molar-refractivity contribution in [2.24, 2.45) is 0 Å². The molecule has 0 unspecified atom stereocenters. The number of rotatable bonds is 8. The zero-order chi connectivity index (χ0) is 29.4. The predicted octanol–water partition coefficient (Wildman–Crippen LogP) is 7.59. The van der Waals surface area contributed by atoms with Crippen LogP contribution in [0.1, 0.15) is 33.5 Å². The summed E-state index contributed by atoms with van der Waals surface area (Å²) in [7, 11) is 7.17. The van der Waals surface area contributed by atoms with Crippen LogP contribution in [0.15, 0.2) is 84.9 Å². The van der Waals surface area contributed by atoms with Crippen molar-refractivity contribution in [3.63, 3.8) is 0 Å². The summed E-state index contributed by atoms with van der Waals surface area (Å²) in [6.07, 6.45) is 3.30. The van der Waals surface area contributed by atoms with E-state index < -0.39 is 0 Å². The number of phenolic OH excluding ortho intramolecular Hbond substituents is 1. The zero-order valence-corrected chi connectivity index (χ0v) is 26.0. The van der Waals surface area contributed by atoms with Gasteiger partial charge in [-0.05, 0) is 69.2 Å². The normalized spacial score (nSPS) is 11.7. The second kappa shape index (κ2) is 15.5. The molecule has 0 radical (unpaired) electrons. The average molecular weight is 610 g/mol. The van der Waals surface area contributed by atoms with Gasteiger partial charge in [-0.3, -0.25) is 4.79 Å². The number of ketones is 1. The van der Waals surface area contributed by atoms with E-state index in [2.05, 4.69) is 60.3 Å². The molecule has 0 aliphatic carbocycles. The summed E-state index contributed by atoms with van der Waals surface area (Å²) in [5.74, 6) is 0.257. The van der Waals surface area contributed by atoms with Crippen LogP contribution >= 0.6 is 24.0 Å². The lowest BCUT2D eigenvalue weighted by molar-refractivity contribution is 0.103. The van der Waals surface area contributed by atoms with E-state index in [0.29, 0.717) is 11.3 Å². The molecule has 0 saturated carbocycles. The Kier molecular flexibility index (Phi) is 12.1. The molecule has 0 atom stereocenters. The summed E-state index contributed by atoms with van der Waals surface area (Å²) >= 11 is 6.27. The number of aryl methyl sites for hydroxylation is 2. The van der Waals surface area contributed by atoms with E-state index >= 15 is 0 Å². The van der Waals surface area contributed by atoms with Gasteiger partial charge < -0.3 is 24.4 Å². The maximum absolute atomic E-state index is 12.4. The molecule has 8 heteroatoms. The van der Waals surface area contributed by atoms with Crippen LogP contribution in [0.2, 0.25) is 5.02 Å². The van der Waals surface area contributed by atoms with Gasteiger partial charge in [0, 0.05) is 40.6 Å². The summed E-state index contributed by atoms with van der Waals surface area (Å²) < 4.78 is 10.2. The Morgan fingerprint density at radius 3 is 2.21 bits per heavy atom. The molecule has 1 heterocycles. The molecule has 1 aliphatic rings. The Bertz CT molecular complexity index is 1480. The second-order valence-corrected chi connectivity index (χ2v) is 10.6. The molecule has 0 saturated heterocycles. The van der Waals surface area contributed by atoms with Gasteiger partial charge in [0.1, 0.15) is 22.8 Å². The molecule has 222 valence electrons. The highest BCUT2D eigenvalue weighted by Gasteiger charge is 2.21. The molecule has 1 aliphatic heterocycles.